The SMILES string of the molecule is CC1C(N)CCC(C(=O)Nc2ccccc2F)C1(C)C. The molecule has 1 amide bonds. The summed E-state index contributed by atoms with van der Waals surface area (Å²) in [7, 11) is 0. The minimum Gasteiger partial charge on any atom is -0.327 e. The molecule has 0 aromatic heterocycles. The summed E-state index contributed by atoms with van der Waals surface area (Å²) in [6.45, 7) is 6.23. The van der Waals surface area contributed by atoms with Crippen molar-refractivity contribution in [2.45, 2.75) is 39.7 Å². The molecule has 20 heavy (non-hydrogen) atoms. The first-order chi connectivity index (χ1) is 9.34. The molecule has 2 rings (SSSR count). The van der Waals surface area contributed by atoms with Gasteiger partial charge in [0.25, 0.3) is 0 Å². The number of carbonyl (C=O) groups excluding carboxylic acids is 1. The summed E-state index contributed by atoms with van der Waals surface area (Å²) in [6.07, 6.45) is 1.58. The number of rotatable bonds is 2. The molecule has 0 aliphatic heterocycles. The van der Waals surface area contributed by atoms with Crippen molar-refractivity contribution >= 4 is 11.6 Å². The predicted octanol–water partition coefficient (Wildman–Crippen LogP) is 3.16. The number of para-hydroxylation sites is 1. The zero-order valence-corrected chi connectivity index (χ0v) is 12.3. The van der Waals surface area contributed by atoms with E-state index in [4.69, 9.17) is 5.73 Å². The lowest BCUT2D eigenvalue weighted by Crippen LogP contribution is -2.50. The zero-order valence-electron chi connectivity index (χ0n) is 12.3. The Hall–Kier alpha value is -1.42. The summed E-state index contributed by atoms with van der Waals surface area (Å²) in [6, 6.07) is 6.38. The molecule has 0 radical (unpaired) electrons. The van der Waals surface area contributed by atoms with Gasteiger partial charge in [-0.1, -0.05) is 32.9 Å². The van der Waals surface area contributed by atoms with Gasteiger partial charge in [0.05, 0.1) is 5.69 Å². The molecule has 0 saturated heterocycles. The van der Waals surface area contributed by atoms with Crippen molar-refractivity contribution in [1.29, 1.82) is 0 Å². The number of hydrogen-bond acceptors (Lipinski definition) is 2. The molecule has 110 valence electrons. The third-order valence-electron chi connectivity index (χ3n) is 4.95. The van der Waals surface area contributed by atoms with Crippen molar-refractivity contribution in [3.63, 3.8) is 0 Å². The number of anilines is 1. The fraction of sp³-hybridized carbons (Fsp3) is 0.562. The minimum absolute atomic E-state index is 0.112. The van der Waals surface area contributed by atoms with E-state index in [2.05, 4.69) is 26.1 Å². The molecular weight excluding hydrogens is 255 g/mol. The van der Waals surface area contributed by atoms with Crippen LogP contribution >= 0.6 is 0 Å². The number of hydrogen-bond donors (Lipinski definition) is 2. The number of carbonyl (C=O) groups is 1. The molecule has 0 heterocycles. The van der Waals surface area contributed by atoms with E-state index in [0.29, 0.717) is 0 Å². The second-order valence-electron chi connectivity index (χ2n) is 6.37. The van der Waals surface area contributed by atoms with Crippen LogP contribution in [0.15, 0.2) is 24.3 Å². The molecular formula is C16H23FN2O. The van der Waals surface area contributed by atoms with Crippen LogP contribution < -0.4 is 11.1 Å². The Morgan fingerprint density at radius 1 is 1.35 bits per heavy atom. The van der Waals surface area contributed by atoms with Gasteiger partial charge in [-0.05, 0) is 36.3 Å². The van der Waals surface area contributed by atoms with E-state index in [-0.39, 0.29) is 34.9 Å². The van der Waals surface area contributed by atoms with Crippen molar-refractivity contribution in [2.75, 3.05) is 5.32 Å². The van der Waals surface area contributed by atoms with Crippen LogP contribution in [0.3, 0.4) is 0 Å². The maximum Gasteiger partial charge on any atom is 0.228 e. The second kappa shape index (κ2) is 5.52. The van der Waals surface area contributed by atoms with Gasteiger partial charge in [-0.2, -0.15) is 0 Å². The van der Waals surface area contributed by atoms with Gasteiger partial charge in [0, 0.05) is 12.0 Å². The second-order valence-corrected chi connectivity index (χ2v) is 6.37. The molecule has 1 aromatic carbocycles. The quantitative estimate of drug-likeness (QED) is 0.873. The monoisotopic (exact) mass is 278 g/mol. The van der Waals surface area contributed by atoms with E-state index < -0.39 is 5.82 Å². The van der Waals surface area contributed by atoms with Gasteiger partial charge >= 0.3 is 0 Å². The molecule has 1 saturated carbocycles. The smallest absolute Gasteiger partial charge is 0.228 e. The summed E-state index contributed by atoms with van der Waals surface area (Å²) < 4.78 is 13.6. The van der Waals surface area contributed by atoms with E-state index in [1.807, 2.05) is 0 Å². The molecule has 3 nitrogen and oxygen atoms in total. The van der Waals surface area contributed by atoms with E-state index in [0.717, 1.165) is 12.8 Å². The van der Waals surface area contributed by atoms with Gasteiger partial charge in [-0.25, -0.2) is 4.39 Å². The molecule has 0 bridgehead atoms. The third-order valence-corrected chi connectivity index (χ3v) is 4.95. The fourth-order valence-electron chi connectivity index (χ4n) is 3.10. The molecule has 4 heteroatoms. The van der Waals surface area contributed by atoms with Crippen molar-refractivity contribution in [2.24, 2.45) is 23.0 Å². The Morgan fingerprint density at radius 2 is 2.00 bits per heavy atom. The van der Waals surface area contributed by atoms with Crippen molar-refractivity contribution in [3.8, 4) is 0 Å². The van der Waals surface area contributed by atoms with E-state index in [9.17, 15) is 9.18 Å². The first-order valence-corrected chi connectivity index (χ1v) is 7.15. The molecule has 3 N–H and O–H groups in total. The largest absolute Gasteiger partial charge is 0.327 e. The summed E-state index contributed by atoms with van der Waals surface area (Å²) >= 11 is 0. The van der Waals surface area contributed by atoms with Gasteiger partial charge in [-0.3, -0.25) is 4.79 Å². The van der Waals surface area contributed by atoms with Crippen LogP contribution in [-0.4, -0.2) is 11.9 Å². The highest BCUT2D eigenvalue weighted by Crippen LogP contribution is 2.44. The lowest BCUT2D eigenvalue weighted by molar-refractivity contribution is -0.127. The molecule has 1 fully saturated rings. The summed E-state index contributed by atoms with van der Waals surface area (Å²) in [4.78, 5) is 12.5. The van der Waals surface area contributed by atoms with Crippen LogP contribution in [-0.2, 0) is 4.79 Å². The van der Waals surface area contributed by atoms with E-state index in [1.54, 1.807) is 18.2 Å². The number of nitrogens with two attached hydrogens (primary N) is 1. The van der Waals surface area contributed by atoms with Crippen molar-refractivity contribution in [1.82, 2.24) is 0 Å². The number of amides is 1. The Kier molecular flexibility index (Phi) is 4.14. The maximum atomic E-state index is 13.6. The van der Waals surface area contributed by atoms with Crippen LogP contribution in [0.1, 0.15) is 33.6 Å². The highest BCUT2D eigenvalue weighted by atomic mass is 19.1. The zero-order chi connectivity index (χ0) is 14.9. The van der Waals surface area contributed by atoms with Crippen molar-refractivity contribution in [3.05, 3.63) is 30.1 Å². The average Bonchev–Trinajstić information content (AvgIpc) is 2.38. The molecule has 1 aliphatic rings. The lowest BCUT2D eigenvalue weighted by Gasteiger charge is -2.46. The Balaban J connectivity index is 2.15. The summed E-state index contributed by atoms with van der Waals surface area (Å²) in [5.41, 5.74) is 6.16. The predicted molar refractivity (Wildman–Crippen MR) is 78.7 cm³/mol. The van der Waals surface area contributed by atoms with E-state index >= 15 is 0 Å². The fourth-order valence-corrected chi connectivity index (χ4v) is 3.10. The molecule has 1 aromatic rings. The van der Waals surface area contributed by atoms with Gasteiger partial charge in [0.15, 0.2) is 0 Å². The average molecular weight is 278 g/mol. The molecule has 1 aliphatic carbocycles. The Morgan fingerprint density at radius 3 is 2.65 bits per heavy atom. The van der Waals surface area contributed by atoms with Gasteiger partial charge < -0.3 is 11.1 Å². The summed E-state index contributed by atoms with van der Waals surface area (Å²) in [5.74, 6) is -0.400. The van der Waals surface area contributed by atoms with E-state index in [1.165, 1.54) is 6.07 Å². The lowest BCUT2D eigenvalue weighted by atomic mass is 9.61. The van der Waals surface area contributed by atoms with Gasteiger partial charge in [0.2, 0.25) is 5.91 Å². The minimum atomic E-state index is -0.404. The topological polar surface area (TPSA) is 55.1 Å². The molecule has 3 atom stereocenters. The van der Waals surface area contributed by atoms with Crippen LogP contribution in [0.5, 0.6) is 0 Å². The van der Waals surface area contributed by atoms with Crippen LogP contribution in [0.2, 0.25) is 0 Å². The molecule has 0 spiro atoms. The normalized spacial score (nSPS) is 28.9. The summed E-state index contributed by atoms with van der Waals surface area (Å²) in [5, 5.41) is 2.72. The van der Waals surface area contributed by atoms with Gasteiger partial charge in [0.1, 0.15) is 5.82 Å². The van der Waals surface area contributed by atoms with Crippen molar-refractivity contribution < 1.29 is 9.18 Å². The first kappa shape index (κ1) is 15.0. The molecule has 3 unspecified atom stereocenters. The first-order valence-electron chi connectivity index (χ1n) is 7.15. The van der Waals surface area contributed by atoms with Gasteiger partial charge in [-0.15, -0.1) is 0 Å². The number of halogens is 1. The number of benzene rings is 1. The standard InChI is InChI=1S/C16H23FN2O/c1-10-13(18)9-8-11(16(10,2)3)15(20)19-14-7-5-4-6-12(14)17/h4-7,10-11,13H,8-9,18H2,1-3H3,(H,19,20). The third kappa shape index (κ3) is 2.70. The maximum absolute atomic E-state index is 13.6. The van der Waals surface area contributed by atoms with Crippen LogP contribution in [0.25, 0.3) is 0 Å². The van der Waals surface area contributed by atoms with Crippen LogP contribution in [0.4, 0.5) is 10.1 Å². The highest BCUT2D eigenvalue weighted by molar-refractivity contribution is 5.93. The Bertz CT molecular complexity index is 501. The van der Waals surface area contributed by atoms with Crippen LogP contribution in [0, 0.1) is 23.1 Å². The Labute approximate surface area is 119 Å². The number of nitrogens with one attached hydrogen (secondary N) is 1. The highest BCUT2D eigenvalue weighted by Gasteiger charge is 2.45.